The number of methoxy groups -OCH3 is 1. The fourth-order valence-electron chi connectivity index (χ4n) is 2.55. The second-order valence-corrected chi connectivity index (χ2v) is 5.27. The molecule has 0 unspecified atom stereocenters. The summed E-state index contributed by atoms with van der Waals surface area (Å²) in [7, 11) is 1.42. The monoisotopic (exact) mass is 297 g/mol. The van der Waals surface area contributed by atoms with Crippen molar-refractivity contribution in [3.05, 3.63) is 27.8 Å². The molecule has 21 heavy (non-hydrogen) atoms. The van der Waals surface area contributed by atoms with E-state index in [0.717, 1.165) is 12.8 Å². The topological polar surface area (TPSA) is 102 Å². The Morgan fingerprint density at radius 2 is 2.00 bits per heavy atom. The van der Waals surface area contributed by atoms with Crippen molar-refractivity contribution in [2.24, 2.45) is 0 Å². The van der Waals surface area contributed by atoms with E-state index in [1.807, 2.05) is 0 Å². The molecule has 1 aromatic carbocycles. The molecule has 0 aliphatic heterocycles. The van der Waals surface area contributed by atoms with Gasteiger partial charge in [0.25, 0.3) is 5.69 Å². The summed E-state index contributed by atoms with van der Waals surface area (Å²) in [6.07, 6.45) is 3.21. The van der Waals surface area contributed by atoms with Gasteiger partial charge in [-0.3, -0.25) is 10.1 Å². The lowest BCUT2D eigenvalue weighted by Crippen LogP contribution is -2.32. The molecule has 0 amide bonds. The third-order valence-electron chi connectivity index (χ3n) is 3.76. The number of nitro groups is 1. The quantitative estimate of drug-likeness (QED) is 0.613. The number of hydrogen-bond acceptors (Lipinski definition) is 6. The fourth-order valence-corrected chi connectivity index (χ4v) is 2.55. The highest BCUT2D eigenvalue weighted by Gasteiger charge is 2.32. The van der Waals surface area contributed by atoms with Gasteiger partial charge in [-0.05, 0) is 18.9 Å². The Labute approximate surface area is 122 Å². The van der Waals surface area contributed by atoms with Gasteiger partial charge >= 0.3 is 0 Å². The van der Waals surface area contributed by atoms with Crippen molar-refractivity contribution in [1.29, 1.82) is 0 Å². The van der Waals surface area contributed by atoms with Crippen molar-refractivity contribution < 1.29 is 24.6 Å². The molecule has 0 saturated heterocycles. The zero-order valence-electron chi connectivity index (χ0n) is 11.9. The molecule has 1 aliphatic carbocycles. The van der Waals surface area contributed by atoms with E-state index in [-0.39, 0.29) is 23.6 Å². The summed E-state index contributed by atoms with van der Waals surface area (Å²) in [6.45, 7) is -0.393. The van der Waals surface area contributed by atoms with Gasteiger partial charge in [-0.2, -0.15) is 0 Å². The fraction of sp³-hybridized carbons (Fsp3) is 0.571. The Balaban J connectivity index is 2.24. The molecule has 7 nitrogen and oxygen atoms in total. The smallest absolute Gasteiger partial charge is 0.278 e. The molecule has 7 heteroatoms. The molecule has 1 saturated carbocycles. The lowest BCUT2D eigenvalue weighted by Gasteiger charge is -2.23. The van der Waals surface area contributed by atoms with E-state index in [0.29, 0.717) is 18.6 Å². The second kappa shape index (κ2) is 6.28. The van der Waals surface area contributed by atoms with Crippen LogP contribution >= 0.6 is 0 Å². The molecule has 0 atom stereocenters. The first-order valence-electron chi connectivity index (χ1n) is 6.80. The van der Waals surface area contributed by atoms with Gasteiger partial charge in [0, 0.05) is 0 Å². The van der Waals surface area contributed by atoms with E-state index in [9.17, 15) is 20.3 Å². The third kappa shape index (κ3) is 3.43. The minimum atomic E-state index is -0.880. The molecule has 0 radical (unpaired) electrons. The first-order chi connectivity index (χ1) is 9.99. The highest BCUT2D eigenvalue weighted by Crippen LogP contribution is 2.36. The van der Waals surface area contributed by atoms with Crippen LogP contribution in [0.4, 0.5) is 5.69 Å². The van der Waals surface area contributed by atoms with Crippen LogP contribution in [0.5, 0.6) is 11.5 Å². The molecule has 2 rings (SSSR count). The number of rotatable bonds is 6. The van der Waals surface area contributed by atoms with Crippen LogP contribution in [0.1, 0.15) is 31.2 Å². The maximum atomic E-state index is 11.0. The van der Waals surface area contributed by atoms with Crippen molar-refractivity contribution in [3.8, 4) is 11.5 Å². The maximum absolute atomic E-state index is 11.0. The number of nitrogens with zero attached hydrogens (tertiary/aromatic N) is 1. The highest BCUT2D eigenvalue weighted by molar-refractivity contribution is 5.54. The predicted octanol–water partition coefficient (Wildman–Crippen LogP) is 1.78. The molecule has 0 bridgehead atoms. The van der Waals surface area contributed by atoms with Crippen LogP contribution < -0.4 is 9.47 Å². The lowest BCUT2D eigenvalue weighted by molar-refractivity contribution is -0.386. The van der Waals surface area contributed by atoms with Gasteiger partial charge in [0.1, 0.15) is 6.61 Å². The lowest BCUT2D eigenvalue weighted by atomic mass is 10.0. The van der Waals surface area contributed by atoms with E-state index in [1.165, 1.54) is 19.2 Å². The van der Waals surface area contributed by atoms with Crippen LogP contribution in [0, 0.1) is 10.1 Å². The first kappa shape index (κ1) is 15.5. The van der Waals surface area contributed by atoms with Gasteiger partial charge in [0.05, 0.1) is 35.9 Å². The molecule has 1 fully saturated rings. The second-order valence-electron chi connectivity index (χ2n) is 5.27. The maximum Gasteiger partial charge on any atom is 0.278 e. The number of hydrogen-bond donors (Lipinski definition) is 2. The zero-order chi connectivity index (χ0) is 15.5. The number of nitro benzene ring substituents is 1. The molecule has 1 aliphatic rings. The van der Waals surface area contributed by atoms with E-state index in [1.54, 1.807) is 0 Å². The minimum absolute atomic E-state index is 0.0684. The third-order valence-corrected chi connectivity index (χ3v) is 3.76. The summed E-state index contributed by atoms with van der Waals surface area (Å²) in [4.78, 5) is 10.4. The van der Waals surface area contributed by atoms with Gasteiger partial charge < -0.3 is 19.7 Å². The normalized spacial score (nSPS) is 16.7. The van der Waals surface area contributed by atoms with Crippen LogP contribution in [0.2, 0.25) is 0 Å². The van der Waals surface area contributed by atoms with Crippen LogP contribution in [0.3, 0.4) is 0 Å². The molecule has 0 aromatic heterocycles. The SMILES string of the molecule is COc1cc(CO)c([N+](=O)[O-])cc1OCC1(O)CCCC1. The van der Waals surface area contributed by atoms with Gasteiger partial charge in [-0.15, -0.1) is 0 Å². The van der Waals surface area contributed by atoms with Crippen molar-refractivity contribution in [2.45, 2.75) is 37.9 Å². The summed E-state index contributed by atoms with van der Waals surface area (Å²) in [5.74, 6) is 0.493. The Morgan fingerprint density at radius 1 is 1.33 bits per heavy atom. The number of aliphatic hydroxyl groups is 2. The minimum Gasteiger partial charge on any atom is -0.493 e. The van der Waals surface area contributed by atoms with Crippen molar-refractivity contribution >= 4 is 5.69 Å². The number of benzene rings is 1. The highest BCUT2D eigenvalue weighted by atomic mass is 16.6. The Bertz CT molecular complexity index is 524. The van der Waals surface area contributed by atoms with Gasteiger partial charge in [0.15, 0.2) is 11.5 Å². The van der Waals surface area contributed by atoms with Crippen molar-refractivity contribution in [3.63, 3.8) is 0 Å². The van der Waals surface area contributed by atoms with Gasteiger partial charge in [-0.25, -0.2) is 0 Å². The predicted molar refractivity (Wildman–Crippen MR) is 74.5 cm³/mol. The number of ether oxygens (including phenoxy) is 2. The average Bonchev–Trinajstić information content (AvgIpc) is 2.91. The molecule has 2 N–H and O–H groups in total. The van der Waals surface area contributed by atoms with E-state index in [2.05, 4.69) is 0 Å². The first-order valence-corrected chi connectivity index (χ1v) is 6.80. The largest absolute Gasteiger partial charge is 0.493 e. The summed E-state index contributed by atoms with van der Waals surface area (Å²) in [5.41, 5.74) is -0.953. The molecule has 116 valence electrons. The summed E-state index contributed by atoms with van der Waals surface area (Å²) >= 11 is 0. The summed E-state index contributed by atoms with van der Waals surface area (Å²) in [5, 5.41) is 30.4. The van der Waals surface area contributed by atoms with E-state index < -0.39 is 17.1 Å². The average molecular weight is 297 g/mol. The van der Waals surface area contributed by atoms with Gasteiger partial charge in [0.2, 0.25) is 0 Å². The molecule has 0 heterocycles. The van der Waals surface area contributed by atoms with Crippen LogP contribution in [-0.4, -0.2) is 34.5 Å². The van der Waals surface area contributed by atoms with E-state index in [4.69, 9.17) is 9.47 Å². The number of aliphatic hydroxyl groups excluding tert-OH is 1. The van der Waals surface area contributed by atoms with E-state index >= 15 is 0 Å². The summed E-state index contributed by atoms with van der Waals surface area (Å²) in [6, 6.07) is 2.61. The zero-order valence-corrected chi connectivity index (χ0v) is 11.9. The standard InChI is InChI=1S/C14H19NO6/c1-20-12-6-10(8-16)11(15(18)19)7-13(12)21-9-14(17)4-2-3-5-14/h6-7,16-17H,2-5,8-9H2,1H3. The molecular weight excluding hydrogens is 278 g/mol. The van der Waals surface area contributed by atoms with Crippen LogP contribution in [-0.2, 0) is 6.61 Å². The van der Waals surface area contributed by atoms with Crippen LogP contribution in [0.15, 0.2) is 12.1 Å². The van der Waals surface area contributed by atoms with Gasteiger partial charge in [-0.1, -0.05) is 12.8 Å². The Hall–Kier alpha value is -1.86. The van der Waals surface area contributed by atoms with Crippen LogP contribution in [0.25, 0.3) is 0 Å². The molecule has 1 aromatic rings. The Morgan fingerprint density at radius 3 is 2.52 bits per heavy atom. The molecular formula is C14H19NO6. The summed E-state index contributed by atoms with van der Waals surface area (Å²) < 4.78 is 10.7. The van der Waals surface area contributed by atoms with Crippen molar-refractivity contribution in [2.75, 3.05) is 13.7 Å². The molecule has 0 spiro atoms. The Kier molecular flexibility index (Phi) is 4.64. The van der Waals surface area contributed by atoms with Crippen molar-refractivity contribution in [1.82, 2.24) is 0 Å².